The second-order valence-electron chi connectivity index (χ2n) is 17.1. The van der Waals surface area contributed by atoms with Crippen LogP contribution in [0.5, 0.6) is 0 Å². The zero-order valence-electron chi connectivity index (χ0n) is 34.7. The monoisotopic (exact) mass is 811 g/mol. The van der Waals surface area contributed by atoms with Crippen LogP contribution >= 0.6 is 0 Å². The molecule has 3 aromatic heterocycles. The van der Waals surface area contributed by atoms with Crippen LogP contribution in [0.15, 0.2) is 224 Å². The highest BCUT2D eigenvalue weighted by Gasteiger charge is 2.23. The van der Waals surface area contributed by atoms with Gasteiger partial charge in [0.2, 0.25) is 0 Å². The summed E-state index contributed by atoms with van der Waals surface area (Å²) >= 11 is 0. The summed E-state index contributed by atoms with van der Waals surface area (Å²) in [4.78, 5) is 5.20. The lowest BCUT2D eigenvalue weighted by molar-refractivity contribution is 1.18. The van der Waals surface area contributed by atoms with E-state index in [1.54, 1.807) is 0 Å². The Labute approximate surface area is 369 Å². The Hall–Kier alpha value is -8.53. The van der Waals surface area contributed by atoms with E-state index >= 15 is 0 Å². The van der Waals surface area contributed by atoms with E-state index in [1.165, 1.54) is 104 Å². The topological polar surface area (TPSA) is 22.8 Å². The number of benzene rings is 10. The van der Waals surface area contributed by atoms with Gasteiger partial charge in [0.25, 0.3) is 0 Å². The molecule has 0 radical (unpaired) electrons. The third-order valence-electron chi connectivity index (χ3n) is 13.6. The largest absolute Gasteiger partial charge is 0.309 e. The minimum Gasteiger partial charge on any atom is -0.309 e. The van der Waals surface area contributed by atoms with E-state index in [0.717, 1.165) is 28.1 Å². The van der Waals surface area contributed by atoms with Gasteiger partial charge in [-0.25, -0.2) is 4.98 Å². The lowest BCUT2D eigenvalue weighted by atomic mass is 10.00. The maximum Gasteiger partial charge on any atom is 0.0722 e. The van der Waals surface area contributed by atoms with Crippen molar-refractivity contribution in [3.63, 3.8) is 0 Å². The molecular formula is C61H37N3. The quantitative estimate of drug-likeness (QED) is 0.170. The van der Waals surface area contributed by atoms with Gasteiger partial charge in [-0.1, -0.05) is 146 Å². The summed E-state index contributed by atoms with van der Waals surface area (Å²) in [6.07, 6.45) is 0. The van der Waals surface area contributed by atoms with Crippen molar-refractivity contribution in [2.24, 2.45) is 0 Å². The second-order valence-corrected chi connectivity index (χ2v) is 17.1. The van der Waals surface area contributed by atoms with Crippen LogP contribution < -0.4 is 0 Å². The normalized spacial score (nSPS) is 12.1. The molecule has 13 aromatic rings. The molecule has 296 valence electrons. The van der Waals surface area contributed by atoms with Crippen molar-refractivity contribution in [2.75, 3.05) is 0 Å². The minimum absolute atomic E-state index is 0.999. The molecule has 0 N–H and O–H groups in total. The molecular weight excluding hydrogens is 775 g/mol. The van der Waals surface area contributed by atoms with Crippen LogP contribution in [-0.4, -0.2) is 14.1 Å². The lowest BCUT2D eigenvalue weighted by Crippen LogP contribution is -1.94. The van der Waals surface area contributed by atoms with E-state index in [4.69, 9.17) is 4.98 Å². The van der Waals surface area contributed by atoms with E-state index in [0.29, 0.717) is 0 Å². The van der Waals surface area contributed by atoms with Crippen LogP contribution in [-0.2, 0) is 0 Å². The van der Waals surface area contributed by atoms with Crippen molar-refractivity contribution >= 4 is 65.3 Å². The number of pyridine rings is 1. The summed E-state index contributed by atoms with van der Waals surface area (Å²) in [5, 5.41) is 8.61. The molecule has 14 rings (SSSR count). The van der Waals surface area contributed by atoms with E-state index in [9.17, 15) is 0 Å². The first kappa shape index (κ1) is 35.1. The second kappa shape index (κ2) is 13.5. The van der Waals surface area contributed by atoms with Gasteiger partial charge in [0.05, 0.1) is 33.3 Å². The van der Waals surface area contributed by atoms with E-state index in [-0.39, 0.29) is 0 Å². The molecule has 0 atom stereocenters. The number of rotatable bonds is 5. The standard InChI is InChI=1S/C61H37N3/c1-2-12-38(13-3-1)39-14-10-15-45(33-39)63-57-22-8-6-18-49(57)52-35-42(27-30-59(52)63)43-28-31-60-53(36-43)50-19-7-9-23-58(50)64(60)46-29-26-40-32-44(25-24-41(40)34-46)56-37-54-48-17-5-4-16-47(48)51-20-11-21-55(62-56)61(51)54/h1-37H. The van der Waals surface area contributed by atoms with E-state index < -0.39 is 0 Å². The minimum atomic E-state index is 0.999. The molecule has 0 aliphatic heterocycles. The molecule has 3 heteroatoms. The van der Waals surface area contributed by atoms with Gasteiger partial charge < -0.3 is 9.13 Å². The molecule has 64 heavy (non-hydrogen) atoms. The fourth-order valence-corrected chi connectivity index (χ4v) is 10.7. The molecule has 0 amide bonds. The number of para-hydroxylation sites is 2. The van der Waals surface area contributed by atoms with Crippen LogP contribution in [0.2, 0.25) is 0 Å². The Bertz CT molecular complexity index is 4070. The summed E-state index contributed by atoms with van der Waals surface area (Å²) in [7, 11) is 0. The molecule has 0 saturated carbocycles. The van der Waals surface area contributed by atoms with Crippen molar-refractivity contribution < 1.29 is 0 Å². The van der Waals surface area contributed by atoms with Gasteiger partial charge >= 0.3 is 0 Å². The Balaban J connectivity index is 0.854. The molecule has 0 unspecified atom stereocenters. The SMILES string of the molecule is c1ccc(-c2cccc(-n3c4ccccc4c4cc(-c5ccc6c(c5)c5ccccc5n6-c5ccc6cc(-c7cc8c9c(cccc9n7)-c7ccccc7-8)ccc6c5)ccc43)c2)cc1. The fraction of sp³-hybridized carbons (Fsp3) is 0. The van der Waals surface area contributed by atoms with Crippen molar-refractivity contribution in [3.8, 4) is 67.1 Å². The molecule has 10 aromatic carbocycles. The van der Waals surface area contributed by atoms with Crippen molar-refractivity contribution in [3.05, 3.63) is 224 Å². The molecule has 3 nitrogen and oxygen atoms in total. The van der Waals surface area contributed by atoms with Crippen molar-refractivity contribution in [1.82, 2.24) is 14.1 Å². The zero-order chi connectivity index (χ0) is 41.9. The van der Waals surface area contributed by atoms with E-state index in [1.807, 2.05) is 0 Å². The number of hydrogen-bond acceptors (Lipinski definition) is 1. The summed E-state index contributed by atoms with van der Waals surface area (Å²) in [6, 6.07) is 82.2. The Morgan fingerprint density at radius 3 is 1.55 bits per heavy atom. The van der Waals surface area contributed by atoms with Crippen molar-refractivity contribution in [2.45, 2.75) is 0 Å². The van der Waals surface area contributed by atoms with Crippen LogP contribution in [0.4, 0.5) is 0 Å². The van der Waals surface area contributed by atoms with Gasteiger partial charge in [0, 0.05) is 43.9 Å². The summed E-state index contributed by atoms with van der Waals surface area (Å²) < 4.78 is 4.83. The predicted octanol–water partition coefficient (Wildman–Crippen LogP) is 16.2. The highest BCUT2D eigenvalue weighted by atomic mass is 15.0. The van der Waals surface area contributed by atoms with Crippen LogP contribution in [0, 0.1) is 0 Å². The summed E-state index contributed by atoms with van der Waals surface area (Å²) in [6.45, 7) is 0. The number of hydrogen-bond donors (Lipinski definition) is 0. The Kier molecular flexibility index (Phi) is 7.40. The first-order valence-corrected chi connectivity index (χ1v) is 22.0. The van der Waals surface area contributed by atoms with Crippen LogP contribution in [0.25, 0.3) is 132 Å². The lowest BCUT2D eigenvalue weighted by Gasteiger charge is -2.12. The third kappa shape index (κ3) is 5.19. The predicted molar refractivity (Wildman–Crippen MR) is 269 cm³/mol. The Morgan fingerprint density at radius 2 is 0.812 bits per heavy atom. The molecule has 0 fully saturated rings. The number of aromatic nitrogens is 3. The highest BCUT2D eigenvalue weighted by molar-refractivity contribution is 6.16. The first-order chi connectivity index (χ1) is 31.7. The summed E-state index contributed by atoms with van der Waals surface area (Å²) in [5.74, 6) is 0. The summed E-state index contributed by atoms with van der Waals surface area (Å²) in [5.41, 5.74) is 20.2. The molecule has 1 aliphatic rings. The van der Waals surface area contributed by atoms with Gasteiger partial charge in [0.15, 0.2) is 0 Å². The van der Waals surface area contributed by atoms with Gasteiger partial charge in [0.1, 0.15) is 0 Å². The molecule has 0 spiro atoms. The fourth-order valence-electron chi connectivity index (χ4n) is 10.7. The van der Waals surface area contributed by atoms with Gasteiger partial charge in [-0.2, -0.15) is 0 Å². The Morgan fingerprint density at radius 1 is 0.281 bits per heavy atom. The highest BCUT2D eigenvalue weighted by Crippen LogP contribution is 2.48. The van der Waals surface area contributed by atoms with Crippen LogP contribution in [0.1, 0.15) is 0 Å². The maximum atomic E-state index is 5.20. The molecule has 1 aliphatic carbocycles. The molecule has 0 bridgehead atoms. The third-order valence-corrected chi connectivity index (χ3v) is 13.6. The zero-order valence-corrected chi connectivity index (χ0v) is 34.7. The number of fused-ring (bicyclic) bond motifs is 10. The average molecular weight is 812 g/mol. The molecule has 0 saturated heterocycles. The number of nitrogens with zero attached hydrogens (tertiary/aromatic N) is 3. The average Bonchev–Trinajstić information content (AvgIpc) is 4.00. The van der Waals surface area contributed by atoms with Gasteiger partial charge in [-0.3, -0.25) is 0 Å². The van der Waals surface area contributed by atoms with Crippen molar-refractivity contribution in [1.29, 1.82) is 0 Å². The molecule has 3 heterocycles. The maximum absolute atomic E-state index is 5.20. The van der Waals surface area contributed by atoms with Gasteiger partial charge in [-0.05, 0) is 134 Å². The van der Waals surface area contributed by atoms with E-state index in [2.05, 4.69) is 234 Å². The first-order valence-electron chi connectivity index (χ1n) is 22.0. The smallest absolute Gasteiger partial charge is 0.0722 e. The van der Waals surface area contributed by atoms with Gasteiger partial charge in [-0.15, -0.1) is 0 Å². The van der Waals surface area contributed by atoms with Crippen LogP contribution in [0.3, 0.4) is 0 Å².